The zero-order valence-corrected chi connectivity index (χ0v) is 20.5. The molecule has 0 aliphatic rings. The highest BCUT2D eigenvalue weighted by atomic mass is 35.5. The standard InChI is InChI=1S/C23H29ClFN3O4S/c1-4-5-13-26-23(30)17(2)27(15-18-9-8-10-19(24)14-18)22(29)16-28(33(3,31)32)21-12-7-6-11-20(21)25/h6-12,14,17H,4-5,13,15-16H2,1-3H3,(H,26,30). The van der Waals surface area contributed by atoms with Crippen LogP contribution in [0.3, 0.4) is 0 Å². The Morgan fingerprint density at radius 2 is 1.85 bits per heavy atom. The summed E-state index contributed by atoms with van der Waals surface area (Å²) in [4.78, 5) is 27.3. The molecule has 2 aromatic rings. The van der Waals surface area contributed by atoms with Crippen LogP contribution in [-0.4, -0.2) is 50.5 Å². The summed E-state index contributed by atoms with van der Waals surface area (Å²) >= 11 is 6.06. The van der Waals surface area contributed by atoms with Gasteiger partial charge in [-0.2, -0.15) is 0 Å². The lowest BCUT2D eigenvalue weighted by molar-refractivity contribution is -0.139. The summed E-state index contributed by atoms with van der Waals surface area (Å²) < 4.78 is 39.9. The number of hydrogen-bond acceptors (Lipinski definition) is 4. The molecular weight excluding hydrogens is 469 g/mol. The van der Waals surface area contributed by atoms with Crippen molar-refractivity contribution >= 4 is 39.1 Å². The van der Waals surface area contributed by atoms with Gasteiger partial charge in [-0.1, -0.05) is 49.2 Å². The van der Waals surface area contributed by atoms with E-state index in [1.165, 1.54) is 23.1 Å². The maximum atomic E-state index is 14.4. The number of unbranched alkanes of at least 4 members (excludes halogenated alkanes) is 1. The number of carbonyl (C=O) groups is 2. The Balaban J connectivity index is 2.36. The summed E-state index contributed by atoms with van der Waals surface area (Å²) in [5.74, 6) is -1.79. The maximum absolute atomic E-state index is 14.4. The molecular formula is C23H29ClFN3O4S. The first-order valence-electron chi connectivity index (χ1n) is 10.6. The van der Waals surface area contributed by atoms with Crippen molar-refractivity contribution in [3.8, 4) is 0 Å². The van der Waals surface area contributed by atoms with Crippen LogP contribution in [0.25, 0.3) is 0 Å². The van der Waals surface area contributed by atoms with Gasteiger partial charge >= 0.3 is 0 Å². The molecule has 1 atom stereocenters. The number of hydrogen-bond donors (Lipinski definition) is 1. The van der Waals surface area contributed by atoms with Gasteiger partial charge in [0.05, 0.1) is 11.9 Å². The smallest absolute Gasteiger partial charge is 0.244 e. The Bertz CT molecular complexity index is 1080. The summed E-state index contributed by atoms with van der Waals surface area (Å²) in [7, 11) is -3.99. The van der Waals surface area contributed by atoms with Crippen LogP contribution >= 0.6 is 11.6 Å². The van der Waals surface area contributed by atoms with Crippen LogP contribution in [0.4, 0.5) is 10.1 Å². The molecule has 2 amide bonds. The van der Waals surface area contributed by atoms with Crippen molar-refractivity contribution < 1.29 is 22.4 Å². The second-order valence-electron chi connectivity index (χ2n) is 7.69. The lowest BCUT2D eigenvalue weighted by Gasteiger charge is -2.31. The summed E-state index contributed by atoms with van der Waals surface area (Å²) in [6.45, 7) is 3.39. The minimum Gasteiger partial charge on any atom is -0.354 e. The molecule has 10 heteroatoms. The van der Waals surface area contributed by atoms with Crippen LogP contribution in [-0.2, 0) is 26.2 Å². The van der Waals surface area contributed by atoms with Gasteiger partial charge in [0.2, 0.25) is 21.8 Å². The first kappa shape index (κ1) is 26.6. The van der Waals surface area contributed by atoms with Crippen molar-refractivity contribution in [3.63, 3.8) is 0 Å². The second-order valence-corrected chi connectivity index (χ2v) is 10.0. The van der Waals surface area contributed by atoms with E-state index in [1.807, 2.05) is 6.92 Å². The van der Waals surface area contributed by atoms with Crippen LogP contribution in [0.5, 0.6) is 0 Å². The zero-order valence-electron chi connectivity index (χ0n) is 18.9. The van der Waals surface area contributed by atoms with Gasteiger partial charge < -0.3 is 10.2 Å². The molecule has 1 unspecified atom stereocenters. The van der Waals surface area contributed by atoms with E-state index in [4.69, 9.17) is 11.6 Å². The molecule has 0 aliphatic heterocycles. The van der Waals surface area contributed by atoms with Crippen LogP contribution < -0.4 is 9.62 Å². The van der Waals surface area contributed by atoms with Gasteiger partial charge in [0.1, 0.15) is 18.4 Å². The number of amides is 2. The summed E-state index contributed by atoms with van der Waals surface area (Å²) in [5, 5.41) is 3.25. The Morgan fingerprint density at radius 3 is 2.45 bits per heavy atom. The van der Waals surface area contributed by atoms with E-state index < -0.39 is 34.3 Å². The molecule has 0 bridgehead atoms. The number of anilines is 1. The number of nitrogens with zero attached hydrogens (tertiary/aromatic N) is 2. The summed E-state index contributed by atoms with van der Waals surface area (Å²) in [5.41, 5.74) is 0.428. The molecule has 0 spiro atoms. The van der Waals surface area contributed by atoms with Gasteiger partial charge in [-0.25, -0.2) is 12.8 Å². The predicted molar refractivity (Wildman–Crippen MR) is 128 cm³/mol. The van der Waals surface area contributed by atoms with Crippen LogP contribution in [0.1, 0.15) is 32.3 Å². The Kier molecular flexibility index (Phi) is 9.67. The van der Waals surface area contributed by atoms with Crippen molar-refractivity contribution in [1.29, 1.82) is 0 Å². The molecule has 2 aromatic carbocycles. The number of benzene rings is 2. The van der Waals surface area contributed by atoms with Crippen molar-refractivity contribution in [2.75, 3.05) is 23.7 Å². The normalized spacial score (nSPS) is 12.2. The molecule has 1 N–H and O–H groups in total. The highest BCUT2D eigenvalue weighted by molar-refractivity contribution is 7.92. The van der Waals surface area contributed by atoms with Crippen molar-refractivity contribution in [1.82, 2.24) is 10.2 Å². The van der Waals surface area contributed by atoms with E-state index in [1.54, 1.807) is 31.2 Å². The number of rotatable bonds is 11. The lowest BCUT2D eigenvalue weighted by atomic mass is 10.1. The van der Waals surface area contributed by atoms with Crippen molar-refractivity contribution in [2.45, 2.75) is 39.3 Å². The molecule has 0 aliphatic carbocycles. The molecule has 7 nitrogen and oxygen atoms in total. The number of nitrogens with one attached hydrogen (secondary N) is 1. The van der Waals surface area contributed by atoms with Crippen LogP contribution in [0.15, 0.2) is 48.5 Å². The van der Waals surface area contributed by atoms with Gasteiger partial charge in [-0.15, -0.1) is 0 Å². The number of para-hydroxylation sites is 1. The van der Waals surface area contributed by atoms with E-state index >= 15 is 0 Å². The third-order valence-corrected chi connectivity index (χ3v) is 6.40. The second kappa shape index (κ2) is 12.0. The Hall–Kier alpha value is -2.65. The highest BCUT2D eigenvalue weighted by Crippen LogP contribution is 2.22. The van der Waals surface area contributed by atoms with Crippen molar-refractivity contribution in [3.05, 3.63) is 64.9 Å². The Labute approximate surface area is 199 Å². The third kappa shape index (κ3) is 7.71. The summed E-state index contributed by atoms with van der Waals surface area (Å²) in [6, 6.07) is 11.2. The molecule has 0 radical (unpaired) electrons. The minimum atomic E-state index is -3.99. The molecule has 0 saturated heterocycles. The fraction of sp³-hybridized carbons (Fsp3) is 0.391. The quantitative estimate of drug-likeness (QED) is 0.481. The lowest BCUT2D eigenvalue weighted by Crippen LogP contribution is -2.51. The van der Waals surface area contributed by atoms with Gasteiger partial charge in [0.25, 0.3) is 0 Å². The van der Waals surface area contributed by atoms with Crippen molar-refractivity contribution in [2.24, 2.45) is 0 Å². The molecule has 0 heterocycles. The zero-order chi connectivity index (χ0) is 24.6. The number of sulfonamides is 1. The molecule has 0 aromatic heterocycles. The molecule has 180 valence electrons. The fourth-order valence-electron chi connectivity index (χ4n) is 3.20. The Morgan fingerprint density at radius 1 is 1.15 bits per heavy atom. The SMILES string of the molecule is CCCCNC(=O)C(C)N(Cc1cccc(Cl)c1)C(=O)CN(c1ccccc1F)S(C)(=O)=O. The first-order chi connectivity index (χ1) is 15.5. The molecule has 2 rings (SSSR count). The third-order valence-electron chi connectivity index (χ3n) is 5.04. The fourth-order valence-corrected chi connectivity index (χ4v) is 4.26. The molecule has 0 fully saturated rings. The van der Waals surface area contributed by atoms with E-state index in [2.05, 4.69) is 5.32 Å². The average molecular weight is 498 g/mol. The highest BCUT2D eigenvalue weighted by Gasteiger charge is 2.30. The topological polar surface area (TPSA) is 86.8 Å². The maximum Gasteiger partial charge on any atom is 0.244 e. The van der Waals surface area contributed by atoms with E-state index in [0.29, 0.717) is 21.4 Å². The van der Waals surface area contributed by atoms with E-state index in [0.717, 1.165) is 25.2 Å². The monoisotopic (exact) mass is 497 g/mol. The average Bonchev–Trinajstić information content (AvgIpc) is 2.75. The van der Waals surface area contributed by atoms with E-state index in [-0.39, 0.29) is 18.1 Å². The van der Waals surface area contributed by atoms with Crippen LogP contribution in [0.2, 0.25) is 5.02 Å². The first-order valence-corrected chi connectivity index (χ1v) is 12.8. The minimum absolute atomic E-state index is 0.0244. The van der Waals surface area contributed by atoms with Gasteiger partial charge in [-0.3, -0.25) is 13.9 Å². The van der Waals surface area contributed by atoms with Crippen LogP contribution in [0, 0.1) is 5.82 Å². The molecule has 33 heavy (non-hydrogen) atoms. The number of carbonyl (C=O) groups excluding carboxylic acids is 2. The van der Waals surface area contributed by atoms with Gasteiger partial charge in [0.15, 0.2) is 0 Å². The number of halogens is 2. The predicted octanol–water partition coefficient (Wildman–Crippen LogP) is 3.58. The summed E-state index contributed by atoms with van der Waals surface area (Å²) in [6.07, 6.45) is 2.58. The largest absolute Gasteiger partial charge is 0.354 e. The molecule has 0 saturated carbocycles. The van der Waals surface area contributed by atoms with Gasteiger partial charge in [-0.05, 0) is 43.2 Å². The van der Waals surface area contributed by atoms with E-state index in [9.17, 15) is 22.4 Å². The van der Waals surface area contributed by atoms with Gasteiger partial charge in [0, 0.05) is 18.1 Å².